The molecule has 0 radical (unpaired) electrons. The first kappa shape index (κ1) is 41.1. The number of nitrogens with zero attached hydrogens (tertiary/aromatic N) is 3. The van der Waals surface area contributed by atoms with Gasteiger partial charge in [-0.25, -0.2) is 14.4 Å². The number of ether oxygens (including phenoxy) is 1. The van der Waals surface area contributed by atoms with Gasteiger partial charge in [0.2, 0.25) is 0 Å². The second kappa shape index (κ2) is 17.9. The van der Waals surface area contributed by atoms with Gasteiger partial charge in [-0.1, -0.05) is 13.0 Å². The fourth-order valence-corrected chi connectivity index (χ4v) is 4.63. The summed E-state index contributed by atoms with van der Waals surface area (Å²) in [6.07, 6.45) is -8.52. The predicted molar refractivity (Wildman–Crippen MR) is 142 cm³/mol. The number of aliphatic carboxylic acids is 3. The van der Waals surface area contributed by atoms with E-state index < -0.39 is 36.4 Å². The van der Waals surface area contributed by atoms with Gasteiger partial charge in [-0.2, -0.15) is 39.5 Å². The number of aromatic nitrogens is 1. The lowest BCUT2D eigenvalue weighted by atomic mass is 9.77. The summed E-state index contributed by atoms with van der Waals surface area (Å²) in [7, 11) is 0. The van der Waals surface area contributed by atoms with Crippen LogP contribution in [-0.2, 0) is 32.3 Å². The topological polar surface area (TPSA) is 154 Å². The number of halogens is 9. The molecule has 2 aromatic heterocycles. The molecule has 47 heavy (non-hydrogen) atoms. The number of carbonyl (C=O) groups is 3. The maximum Gasteiger partial charge on any atom is 0.490 e. The Kier molecular flexibility index (Phi) is 15.6. The molecule has 266 valence electrons. The fraction of sp³-hybridized carbons (Fsp3) is 0.556. The molecule has 2 saturated heterocycles. The second-order valence-electron chi connectivity index (χ2n) is 10.2. The molecule has 0 aliphatic carbocycles. The van der Waals surface area contributed by atoms with Crippen molar-refractivity contribution in [3.63, 3.8) is 0 Å². The van der Waals surface area contributed by atoms with Gasteiger partial charge in [0.05, 0.1) is 31.4 Å². The van der Waals surface area contributed by atoms with Crippen LogP contribution in [0, 0.1) is 11.3 Å². The average Bonchev–Trinajstić information content (AvgIpc) is 3.70. The molecule has 2 aliphatic rings. The third-order valence-corrected chi connectivity index (χ3v) is 6.80. The van der Waals surface area contributed by atoms with Crippen LogP contribution < -0.4 is 0 Å². The van der Waals surface area contributed by atoms with Crippen LogP contribution >= 0.6 is 0 Å². The Hall–Kier alpha value is -3.91. The average molecular weight is 698 g/mol. The number of alkyl halides is 9. The molecule has 2 atom stereocenters. The van der Waals surface area contributed by atoms with Crippen LogP contribution in [0.4, 0.5) is 39.5 Å². The van der Waals surface area contributed by atoms with Crippen LogP contribution in [0.15, 0.2) is 47.4 Å². The Bertz CT molecular complexity index is 1190. The largest absolute Gasteiger partial charge is 0.490 e. The van der Waals surface area contributed by atoms with Gasteiger partial charge in [0.25, 0.3) is 0 Å². The lowest BCUT2D eigenvalue weighted by Gasteiger charge is -2.30. The smallest absolute Gasteiger partial charge is 0.475 e. The molecule has 2 aromatic rings. The van der Waals surface area contributed by atoms with E-state index in [-0.39, 0.29) is 0 Å². The number of hydrogen-bond acceptors (Lipinski definition) is 8. The zero-order valence-electron chi connectivity index (χ0n) is 24.6. The maximum atomic E-state index is 10.6. The van der Waals surface area contributed by atoms with E-state index in [2.05, 4.69) is 27.8 Å². The number of pyridine rings is 1. The van der Waals surface area contributed by atoms with Crippen LogP contribution in [0.25, 0.3) is 0 Å². The Morgan fingerprint density at radius 3 is 1.87 bits per heavy atom. The van der Waals surface area contributed by atoms with Gasteiger partial charge in [0, 0.05) is 49.3 Å². The van der Waals surface area contributed by atoms with Crippen LogP contribution in [0.1, 0.15) is 24.6 Å². The first-order chi connectivity index (χ1) is 21.6. The highest BCUT2D eigenvalue weighted by molar-refractivity contribution is 5.73. The molecular formula is C27H32F9N3O8. The fourth-order valence-electron chi connectivity index (χ4n) is 4.63. The van der Waals surface area contributed by atoms with Crippen LogP contribution in [0.3, 0.4) is 0 Å². The van der Waals surface area contributed by atoms with E-state index in [1.165, 1.54) is 25.1 Å². The number of rotatable bonds is 7. The molecular weight excluding hydrogens is 665 g/mol. The molecule has 0 unspecified atom stereocenters. The molecule has 0 saturated carbocycles. The van der Waals surface area contributed by atoms with Gasteiger partial charge in [0.1, 0.15) is 0 Å². The molecule has 2 aliphatic heterocycles. The number of hydrogen-bond donors (Lipinski definition) is 3. The van der Waals surface area contributed by atoms with Crippen molar-refractivity contribution in [3.05, 3.63) is 54.2 Å². The van der Waals surface area contributed by atoms with Crippen molar-refractivity contribution < 1.29 is 78.4 Å². The molecule has 0 aromatic carbocycles. The van der Waals surface area contributed by atoms with Gasteiger partial charge < -0.3 is 29.4 Å². The SMILES string of the molecule is CCN1C[C@@H](COCc2ccccn2)[C@]2(CCN(Cc3ccoc3)C2)C1.O=C(O)C(F)(F)F.O=C(O)C(F)(F)F.O=C(O)C(F)(F)F. The van der Waals surface area contributed by atoms with E-state index in [9.17, 15) is 39.5 Å². The lowest BCUT2D eigenvalue weighted by molar-refractivity contribution is -0.193. The summed E-state index contributed by atoms with van der Waals surface area (Å²) in [5.41, 5.74) is 2.65. The van der Waals surface area contributed by atoms with E-state index in [4.69, 9.17) is 38.9 Å². The zero-order valence-corrected chi connectivity index (χ0v) is 24.6. The summed E-state index contributed by atoms with van der Waals surface area (Å²) in [5.74, 6) is -7.67. The molecule has 1 spiro atoms. The van der Waals surface area contributed by atoms with Crippen molar-refractivity contribution in [1.29, 1.82) is 0 Å². The Morgan fingerprint density at radius 1 is 0.915 bits per heavy atom. The van der Waals surface area contributed by atoms with Crippen molar-refractivity contribution >= 4 is 17.9 Å². The minimum atomic E-state index is -5.08. The normalized spacial score (nSPS) is 19.9. The zero-order chi connectivity index (χ0) is 36.1. The standard InChI is InChI=1S/C21H29N3O2.3C2HF3O2/c1-2-23-12-19(14-26-15-20-5-3-4-8-22-20)21(16-23)7-9-24(17-21)11-18-6-10-25-13-18;3*3-2(4,5)1(6)7/h3-6,8,10,13,19H,2,7,9,11-12,14-17H2,1H3;3*(H,6,7)/t19-,21+;;;/m0.../s1. The predicted octanol–water partition coefficient (Wildman–Crippen LogP) is 4.94. The van der Waals surface area contributed by atoms with E-state index in [1.807, 2.05) is 30.7 Å². The quantitative estimate of drug-likeness (QED) is 0.338. The van der Waals surface area contributed by atoms with Gasteiger partial charge in [-0.3, -0.25) is 9.88 Å². The molecule has 4 heterocycles. The molecule has 3 N–H and O–H groups in total. The second-order valence-corrected chi connectivity index (χ2v) is 10.2. The Labute approximate surface area is 261 Å². The van der Waals surface area contributed by atoms with Crippen molar-refractivity contribution in [2.75, 3.05) is 39.3 Å². The highest BCUT2D eigenvalue weighted by Gasteiger charge is 2.50. The maximum absolute atomic E-state index is 10.6. The molecule has 4 rings (SSSR count). The number of furan rings is 1. The summed E-state index contributed by atoms with van der Waals surface area (Å²) in [6, 6.07) is 8.07. The molecule has 2 fully saturated rings. The summed E-state index contributed by atoms with van der Waals surface area (Å²) in [6.45, 7) is 10.5. The van der Waals surface area contributed by atoms with Crippen LogP contribution in [0.5, 0.6) is 0 Å². The first-order valence-corrected chi connectivity index (χ1v) is 13.4. The molecule has 20 heteroatoms. The molecule has 0 bridgehead atoms. The van der Waals surface area contributed by atoms with Gasteiger partial charge >= 0.3 is 36.4 Å². The van der Waals surface area contributed by atoms with Crippen molar-refractivity contribution in [3.8, 4) is 0 Å². The van der Waals surface area contributed by atoms with Crippen LogP contribution in [0.2, 0.25) is 0 Å². The minimum Gasteiger partial charge on any atom is -0.475 e. The van der Waals surface area contributed by atoms with Crippen molar-refractivity contribution in [1.82, 2.24) is 14.8 Å². The van der Waals surface area contributed by atoms with Gasteiger partial charge in [0.15, 0.2) is 0 Å². The van der Waals surface area contributed by atoms with Crippen molar-refractivity contribution in [2.24, 2.45) is 11.3 Å². The molecule has 0 amide bonds. The first-order valence-electron chi connectivity index (χ1n) is 13.4. The van der Waals surface area contributed by atoms with Crippen LogP contribution in [-0.4, -0.2) is 106 Å². The number of likely N-dealkylation sites (tertiary alicyclic amines) is 2. The van der Waals surface area contributed by atoms with E-state index in [0.29, 0.717) is 17.9 Å². The third-order valence-electron chi connectivity index (χ3n) is 6.80. The highest BCUT2D eigenvalue weighted by Crippen LogP contribution is 2.44. The Morgan fingerprint density at radius 2 is 1.45 bits per heavy atom. The Balaban J connectivity index is 0.000000430. The van der Waals surface area contributed by atoms with Crippen molar-refractivity contribution in [2.45, 2.75) is 45.0 Å². The minimum absolute atomic E-state index is 0.365. The third kappa shape index (κ3) is 15.0. The number of carboxylic acid groups (broad SMARTS) is 3. The summed E-state index contributed by atoms with van der Waals surface area (Å²) in [4.78, 5) is 36.2. The molecule has 11 nitrogen and oxygen atoms in total. The summed E-state index contributed by atoms with van der Waals surface area (Å²) in [5, 5.41) is 21.4. The van der Waals surface area contributed by atoms with E-state index >= 15 is 0 Å². The number of carboxylic acids is 3. The summed E-state index contributed by atoms with van der Waals surface area (Å²) < 4.78 is 107. The van der Waals surface area contributed by atoms with Gasteiger partial charge in [-0.05, 0) is 37.7 Å². The van der Waals surface area contributed by atoms with E-state index in [0.717, 1.165) is 38.5 Å². The van der Waals surface area contributed by atoms with E-state index in [1.54, 1.807) is 6.26 Å². The lowest BCUT2D eigenvalue weighted by Crippen LogP contribution is -2.36. The monoisotopic (exact) mass is 697 g/mol. The van der Waals surface area contributed by atoms with Gasteiger partial charge in [-0.15, -0.1) is 0 Å². The highest BCUT2D eigenvalue weighted by atomic mass is 19.4. The summed E-state index contributed by atoms with van der Waals surface area (Å²) >= 11 is 0.